The van der Waals surface area contributed by atoms with Crippen molar-refractivity contribution in [3.63, 3.8) is 0 Å². The van der Waals surface area contributed by atoms with E-state index in [1.54, 1.807) is 0 Å². The zero-order chi connectivity index (χ0) is 20.3. The summed E-state index contributed by atoms with van der Waals surface area (Å²) < 4.78 is 0. The van der Waals surface area contributed by atoms with Crippen LogP contribution in [-0.4, -0.2) is 76.3 Å². The number of carbonyl (C=O) groups is 4. The number of hydrogen-bond donors (Lipinski definition) is 8. The lowest BCUT2D eigenvalue weighted by atomic mass is 10.1. The van der Waals surface area contributed by atoms with Crippen molar-refractivity contribution in [1.29, 1.82) is 0 Å². The number of nitrogens with zero attached hydrogens (tertiary/aromatic N) is 1. The van der Waals surface area contributed by atoms with Gasteiger partial charge in [0.1, 0.15) is 12.1 Å². The lowest BCUT2D eigenvalue weighted by Crippen LogP contribution is -2.55. The first-order valence-electron chi connectivity index (χ1n) is 7.55. The summed E-state index contributed by atoms with van der Waals surface area (Å²) in [5.41, 5.74) is 15.8. The lowest BCUT2D eigenvalue weighted by molar-refractivity contribution is -0.143. The zero-order valence-corrected chi connectivity index (χ0v) is 13.9. The van der Waals surface area contributed by atoms with E-state index in [2.05, 4.69) is 15.6 Å². The SMILES string of the molecule is NC(N)=NCCC[C@H](NC(=O)[C@@H](N)CC(=O)O)C(=O)N[C@@H](CO)C(=O)O. The molecule has 0 saturated heterocycles. The number of aliphatic carboxylic acids is 2. The fourth-order valence-corrected chi connectivity index (χ4v) is 1.79. The molecule has 0 bridgehead atoms. The standard InChI is InChI=1S/C13H24N6O7/c14-6(4-9(21)22)10(23)18-7(2-1-3-17-13(15)16)11(24)19-8(5-20)12(25)26/h6-8,20H,1-5,14H2,(H,18,23)(H,19,24)(H,21,22)(H,25,26)(H4,15,16,17)/t6-,7-,8-/m0/s1. The second-order valence-electron chi connectivity index (χ2n) is 5.30. The Morgan fingerprint density at radius 3 is 2.04 bits per heavy atom. The van der Waals surface area contributed by atoms with Gasteiger partial charge in [0.25, 0.3) is 0 Å². The second-order valence-corrected chi connectivity index (χ2v) is 5.30. The summed E-state index contributed by atoms with van der Waals surface area (Å²) in [6, 6.07) is -4.18. The third-order valence-corrected chi connectivity index (χ3v) is 3.11. The predicted molar refractivity (Wildman–Crippen MR) is 88.7 cm³/mol. The molecule has 148 valence electrons. The van der Waals surface area contributed by atoms with Crippen molar-refractivity contribution < 1.29 is 34.5 Å². The van der Waals surface area contributed by atoms with Gasteiger partial charge in [-0.3, -0.25) is 19.4 Å². The van der Waals surface area contributed by atoms with E-state index in [1.807, 2.05) is 0 Å². The van der Waals surface area contributed by atoms with Crippen LogP contribution in [0.5, 0.6) is 0 Å². The highest BCUT2D eigenvalue weighted by Gasteiger charge is 2.28. The normalized spacial score (nSPS) is 13.8. The molecule has 26 heavy (non-hydrogen) atoms. The number of amides is 2. The Kier molecular flexibility index (Phi) is 10.3. The van der Waals surface area contributed by atoms with Crippen molar-refractivity contribution in [3.8, 4) is 0 Å². The molecule has 3 atom stereocenters. The molecule has 0 fully saturated rings. The van der Waals surface area contributed by atoms with Crippen LogP contribution in [0.4, 0.5) is 0 Å². The van der Waals surface area contributed by atoms with Gasteiger partial charge in [-0.1, -0.05) is 0 Å². The number of carboxylic acids is 2. The van der Waals surface area contributed by atoms with Gasteiger partial charge in [-0.05, 0) is 12.8 Å². The number of aliphatic hydroxyl groups excluding tert-OH is 1. The minimum Gasteiger partial charge on any atom is -0.481 e. The number of aliphatic imine (C=N–C) groups is 1. The van der Waals surface area contributed by atoms with E-state index in [4.69, 9.17) is 32.5 Å². The van der Waals surface area contributed by atoms with Gasteiger partial charge in [0.15, 0.2) is 5.96 Å². The summed E-state index contributed by atoms with van der Waals surface area (Å²) in [4.78, 5) is 49.3. The molecule has 0 aliphatic rings. The monoisotopic (exact) mass is 376 g/mol. The van der Waals surface area contributed by atoms with E-state index >= 15 is 0 Å². The molecule has 13 heteroatoms. The van der Waals surface area contributed by atoms with Crippen LogP contribution in [0.25, 0.3) is 0 Å². The highest BCUT2D eigenvalue weighted by Crippen LogP contribution is 2.01. The smallest absolute Gasteiger partial charge is 0.328 e. The van der Waals surface area contributed by atoms with Crippen LogP contribution in [0.3, 0.4) is 0 Å². The number of carbonyl (C=O) groups excluding carboxylic acids is 2. The molecule has 0 radical (unpaired) electrons. The number of nitrogens with two attached hydrogens (primary N) is 3. The van der Waals surface area contributed by atoms with Gasteiger partial charge in [-0.25, -0.2) is 4.79 Å². The fraction of sp³-hybridized carbons (Fsp3) is 0.615. The van der Waals surface area contributed by atoms with E-state index in [-0.39, 0.29) is 25.3 Å². The Morgan fingerprint density at radius 2 is 1.58 bits per heavy atom. The Bertz CT molecular complexity index is 549. The molecule has 0 spiro atoms. The van der Waals surface area contributed by atoms with Gasteiger partial charge >= 0.3 is 11.9 Å². The molecule has 0 aromatic carbocycles. The van der Waals surface area contributed by atoms with Gasteiger partial charge < -0.3 is 43.2 Å². The summed E-state index contributed by atoms with van der Waals surface area (Å²) in [6.45, 7) is -0.709. The van der Waals surface area contributed by atoms with Crippen molar-refractivity contribution in [2.75, 3.05) is 13.2 Å². The van der Waals surface area contributed by atoms with Crippen molar-refractivity contribution in [3.05, 3.63) is 0 Å². The van der Waals surface area contributed by atoms with E-state index < -0.39 is 54.9 Å². The third kappa shape index (κ3) is 9.39. The summed E-state index contributed by atoms with van der Waals surface area (Å²) in [5.74, 6) is -4.70. The Labute approximate surface area is 148 Å². The zero-order valence-electron chi connectivity index (χ0n) is 13.9. The minimum atomic E-state index is -1.56. The molecule has 2 amide bonds. The van der Waals surface area contributed by atoms with Crippen LogP contribution in [0.2, 0.25) is 0 Å². The highest BCUT2D eigenvalue weighted by molar-refractivity contribution is 5.92. The van der Waals surface area contributed by atoms with Crippen molar-refractivity contribution >= 4 is 29.7 Å². The van der Waals surface area contributed by atoms with Crippen LogP contribution in [0, 0.1) is 0 Å². The molecule has 13 nitrogen and oxygen atoms in total. The number of rotatable bonds is 12. The van der Waals surface area contributed by atoms with Crippen molar-refractivity contribution in [2.45, 2.75) is 37.4 Å². The van der Waals surface area contributed by atoms with E-state index in [0.29, 0.717) is 0 Å². The molecule has 0 saturated carbocycles. The summed E-state index contributed by atoms with van der Waals surface area (Å²) in [5, 5.41) is 30.8. The first-order chi connectivity index (χ1) is 12.1. The average molecular weight is 376 g/mol. The van der Waals surface area contributed by atoms with E-state index in [0.717, 1.165) is 0 Å². The first-order valence-corrected chi connectivity index (χ1v) is 7.55. The van der Waals surface area contributed by atoms with Crippen LogP contribution in [0.1, 0.15) is 19.3 Å². The minimum absolute atomic E-state index is 0.0198. The molecule has 11 N–H and O–H groups in total. The lowest BCUT2D eigenvalue weighted by Gasteiger charge is -2.21. The molecule has 0 rings (SSSR count). The second kappa shape index (κ2) is 11.6. The van der Waals surface area contributed by atoms with Crippen LogP contribution < -0.4 is 27.8 Å². The summed E-state index contributed by atoms with van der Waals surface area (Å²) in [7, 11) is 0. The number of carboxylic acid groups (broad SMARTS) is 2. The molecular weight excluding hydrogens is 352 g/mol. The highest BCUT2D eigenvalue weighted by atomic mass is 16.4. The third-order valence-electron chi connectivity index (χ3n) is 3.11. The maximum Gasteiger partial charge on any atom is 0.328 e. The predicted octanol–water partition coefficient (Wildman–Crippen LogP) is -4.11. The van der Waals surface area contributed by atoms with Crippen molar-refractivity contribution in [1.82, 2.24) is 10.6 Å². The van der Waals surface area contributed by atoms with Crippen molar-refractivity contribution in [2.24, 2.45) is 22.2 Å². The van der Waals surface area contributed by atoms with Crippen LogP contribution in [0.15, 0.2) is 4.99 Å². The van der Waals surface area contributed by atoms with E-state index in [9.17, 15) is 19.2 Å². The summed E-state index contributed by atoms with van der Waals surface area (Å²) >= 11 is 0. The number of hydrogen-bond acceptors (Lipinski definition) is 7. The van der Waals surface area contributed by atoms with Gasteiger partial charge in [-0.2, -0.15) is 0 Å². The molecule has 0 aromatic rings. The molecule has 0 aliphatic carbocycles. The molecule has 0 aliphatic heterocycles. The molecule has 0 heterocycles. The topological polar surface area (TPSA) is 243 Å². The summed E-state index contributed by atoms with van der Waals surface area (Å²) in [6.07, 6.45) is -0.379. The average Bonchev–Trinajstić information content (AvgIpc) is 2.53. The number of nitrogens with one attached hydrogen (secondary N) is 2. The molecular formula is C13H24N6O7. The quantitative estimate of drug-likeness (QED) is 0.0928. The Hall–Kier alpha value is -2.93. The maximum atomic E-state index is 12.2. The van der Waals surface area contributed by atoms with Crippen LogP contribution >= 0.6 is 0 Å². The number of aliphatic hydroxyl groups is 1. The van der Waals surface area contributed by atoms with Gasteiger partial charge in [0.05, 0.1) is 19.1 Å². The fourth-order valence-electron chi connectivity index (χ4n) is 1.79. The number of guanidine groups is 1. The van der Waals surface area contributed by atoms with Crippen LogP contribution in [-0.2, 0) is 19.2 Å². The van der Waals surface area contributed by atoms with E-state index in [1.165, 1.54) is 0 Å². The van der Waals surface area contributed by atoms with Gasteiger partial charge in [-0.15, -0.1) is 0 Å². The largest absolute Gasteiger partial charge is 0.481 e. The maximum absolute atomic E-state index is 12.2. The molecule has 0 unspecified atom stereocenters. The van der Waals surface area contributed by atoms with Gasteiger partial charge in [0.2, 0.25) is 11.8 Å². The first kappa shape index (κ1) is 23.1. The molecule has 0 aromatic heterocycles. The van der Waals surface area contributed by atoms with Gasteiger partial charge in [0, 0.05) is 6.54 Å². The Morgan fingerprint density at radius 1 is 1.00 bits per heavy atom. The Balaban J connectivity index is 4.99.